The summed E-state index contributed by atoms with van der Waals surface area (Å²) in [5, 5.41) is 12.3. The van der Waals surface area contributed by atoms with Crippen LogP contribution in [-0.4, -0.2) is 36.7 Å². The molecule has 3 rings (SSSR count). The Bertz CT molecular complexity index is 874. The molecule has 0 saturated carbocycles. The highest BCUT2D eigenvalue weighted by Crippen LogP contribution is 2.24. The normalized spacial score (nSPS) is 14.3. The van der Waals surface area contributed by atoms with E-state index in [0.717, 1.165) is 22.4 Å². The average molecular weight is 368 g/mol. The van der Waals surface area contributed by atoms with Gasteiger partial charge in [-0.1, -0.05) is 48.0 Å². The lowest BCUT2D eigenvalue weighted by atomic mass is 9.94. The maximum Gasteiger partial charge on any atom is 0.254 e. The van der Waals surface area contributed by atoms with Crippen molar-refractivity contribution in [3.8, 4) is 0 Å². The molecular weight excluding hydrogens is 346 g/mol. The van der Waals surface area contributed by atoms with Gasteiger partial charge in [0.15, 0.2) is 0 Å². The molecule has 2 N–H and O–H groups in total. The first-order valence-electron chi connectivity index (χ1n) is 8.61. The van der Waals surface area contributed by atoms with Crippen molar-refractivity contribution in [2.24, 2.45) is 0 Å². The third-order valence-electron chi connectivity index (χ3n) is 4.80. The second-order valence-corrected chi connectivity index (χ2v) is 6.74. The highest BCUT2D eigenvalue weighted by atomic mass is 35.5. The number of hydrogen-bond acceptors (Lipinski definition) is 3. The van der Waals surface area contributed by atoms with Gasteiger partial charge in [0, 0.05) is 35.4 Å². The van der Waals surface area contributed by atoms with Gasteiger partial charge in [-0.25, -0.2) is 0 Å². The molecule has 0 aromatic heterocycles. The molecule has 0 spiro atoms. The summed E-state index contributed by atoms with van der Waals surface area (Å²) in [7, 11) is 1.84. The number of likely N-dealkylation sites (N-methyl/N-ethyl adjacent to an activating group) is 1. The van der Waals surface area contributed by atoms with Crippen LogP contribution >= 0.6 is 11.6 Å². The Hall–Kier alpha value is -2.59. The van der Waals surface area contributed by atoms with Crippen LogP contribution in [0.5, 0.6) is 0 Å². The molecule has 5 heteroatoms. The number of nitrogens with one attached hydrogen (secondary N) is 2. The summed E-state index contributed by atoms with van der Waals surface area (Å²) in [4.78, 5) is 14.8. The number of hydrogen-bond donors (Lipinski definition) is 2. The maximum absolute atomic E-state index is 12.9. The SMILES string of the molecule is CNC1=C(C(=N)c2ccccc2)CCN(C(=O)c2cccc(Cl)c2C)C1. The molecule has 0 radical (unpaired) electrons. The molecular formula is C21H22ClN3O. The second-order valence-electron chi connectivity index (χ2n) is 6.34. The van der Waals surface area contributed by atoms with E-state index in [2.05, 4.69) is 5.32 Å². The summed E-state index contributed by atoms with van der Waals surface area (Å²) in [5.41, 5.74) is 4.72. The summed E-state index contributed by atoms with van der Waals surface area (Å²) >= 11 is 6.16. The van der Waals surface area contributed by atoms with Crippen LogP contribution in [-0.2, 0) is 0 Å². The predicted octanol–water partition coefficient (Wildman–Crippen LogP) is 4.04. The Morgan fingerprint density at radius 1 is 1.15 bits per heavy atom. The van der Waals surface area contributed by atoms with E-state index in [9.17, 15) is 4.79 Å². The highest BCUT2D eigenvalue weighted by Gasteiger charge is 2.26. The zero-order valence-electron chi connectivity index (χ0n) is 15.0. The van der Waals surface area contributed by atoms with Crippen LogP contribution in [0.25, 0.3) is 0 Å². The number of halogens is 1. The summed E-state index contributed by atoms with van der Waals surface area (Å²) in [6.45, 7) is 2.91. The first kappa shape index (κ1) is 18.2. The molecule has 0 bridgehead atoms. The van der Waals surface area contributed by atoms with E-state index in [1.54, 1.807) is 12.1 Å². The molecule has 1 aliphatic rings. The van der Waals surface area contributed by atoms with Gasteiger partial charge in [-0.3, -0.25) is 10.2 Å². The van der Waals surface area contributed by atoms with Crippen LogP contribution in [0.15, 0.2) is 59.8 Å². The summed E-state index contributed by atoms with van der Waals surface area (Å²) in [5.74, 6) is -0.0250. The predicted molar refractivity (Wildman–Crippen MR) is 106 cm³/mol. The van der Waals surface area contributed by atoms with Gasteiger partial charge in [-0.15, -0.1) is 0 Å². The van der Waals surface area contributed by atoms with Crippen LogP contribution < -0.4 is 5.32 Å². The Labute approximate surface area is 159 Å². The number of carbonyl (C=O) groups excluding carboxylic acids is 1. The molecule has 1 heterocycles. The van der Waals surface area contributed by atoms with Gasteiger partial charge >= 0.3 is 0 Å². The van der Waals surface area contributed by atoms with E-state index in [-0.39, 0.29) is 5.91 Å². The van der Waals surface area contributed by atoms with E-state index in [1.165, 1.54) is 0 Å². The standard InChI is InChI=1S/C21H22ClN3O/c1-14-16(9-6-10-18(14)22)21(26)25-12-11-17(19(13-25)24-2)20(23)15-7-4-3-5-8-15/h3-10,23-24H,11-13H2,1-2H3. The van der Waals surface area contributed by atoms with E-state index >= 15 is 0 Å². The van der Waals surface area contributed by atoms with E-state index in [0.29, 0.717) is 35.8 Å². The summed E-state index contributed by atoms with van der Waals surface area (Å²) in [6.07, 6.45) is 0.648. The topological polar surface area (TPSA) is 56.2 Å². The zero-order valence-corrected chi connectivity index (χ0v) is 15.7. The van der Waals surface area contributed by atoms with Crippen LogP contribution in [0, 0.1) is 12.3 Å². The second kappa shape index (κ2) is 7.75. The summed E-state index contributed by atoms with van der Waals surface area (Å²) < 4.78 is 0. The van der Waals surface area contributed by atoms with Crippen molar-refractivity contribution >= 4 is 23.2 Å². The molecule has 4 nitrogen and oxygen atoms in total. The van der Waals surface area contributed by atoms with E-state index in [1.807, 2.05) is 55.3 Å². The van der Waals surface area contributed by atoms with Crippen molar-refractivity contribution in [2.45, 2.75) is 13.3 Å². The van der Waals surface area contributed by atoms with Crippen molar-refractivity contribution in [3.63, 3.8) is 0 Å². The molecule has 2 aromatic rings. The van der Waals surface area contributed by atoms with Crippen LogP contribution in [0.2, 0.25) is 5.02 Å². The molecule has 26 heavy (non-hydrogen) atoms. The molecule has 1 aliphatic heterocycles. The van der Waals surface area contributed by atoms with Crippen molar-refractivity contribution in [2.75, 3.05) is 20.1 Å². The van der Waals surface area contributed by atoms with Crippen LogP contribution in [0.3, 0.4) is 0 Å². The largest absolute Gasteiger partial charge is 0.390 e. The van der Waals surface area contributed by atoms with Crippen molar-refractivity contribution in [1.82, 2.24) is 10.2 Å². The smallest absolute Gasteiger partial charge is 0.254 e. The van der Waals surface area contributed by atoms with E-state index in [4.69, 9.17) is 17.0 Å². The molecule has 0 fully saturated rings. The summed E-state index contributed by atoms with van der Waals surface area (Å²) in [6, 6.07) is 15.1. The lowest BCUT2D eigenvalue weighted by molar-refractivity contribution is 0.0761. The number of nitrogens with zero attached hydrogens (tertiary/aromatic N) is 1. The third-order valence-corrected chi connectivity index (χ3v) is 5.21. The van der Waals surface area contributed by atoms with Crippen molar-refractivity contribution in [1.29, 1.82) is 5.41 Å². The molecule has 0 unspecified atom stereocenters. The fraction of sp³-hybridized carbons (Fsp3) is 0.238. The Kier molecular flexibility index (Phi) is 5.43. The van der Waals surface area contributed by atoms with Gasteiger partial charge in [0.25, 0.3) is 5.91 Å². The molecule has 0 saturated heterocycles. The fourth-order valence-corrected chi connectivity index (χ4v) is 3.41. The Balaban J connectivity index is 1.85. The van der Waals surface area contributed by atoms with Gasteiger partial charge < -0.3 is 10.2 Å². The highest BCUT2D eigenvalue weighted by molar-refractivity contribution is 6.31. The number of rotatable bonds is 4. The number of benzene rings is 2. The van der Waals surface area contributed by atoms with Crippen molar-refractivity contribution < 1.29 is 4.79 Å². The molecule has 1 amide bonds. The minimum atomic E-state index is -0.0250. The fourth-order valence-electron chi connectivity index (χ4n) is 3.23. The van der Waals surface area contributed by atoms with Gasteiger partial charge in [0.2, 0.25) is 0 Å². The first-order chi connectivity index (χ1) is 12.5. The Morgan fingerprint density at radius 2 is 1.88 bits per heavy atom. The van der Waals surface area contributed by atoms with Crippen LogP contribution in [0.4, 0.5) is 0 Å². The minimum absolute atomic E-state index is 0.0250. The number of carbonyl (C=O) groups is 1. The third kappa shape index (κ3) is 3.51. The average Bonchev–Trinajstić information content (AvgIpc) is 2.69. The minimum Gasteiger partial charge on any atom is -0.390 e. The molecule has 0 atom stereocenters. The van der Waals surface area contributed by atoms with Gasteiger partial charge in [-0.2, -0.15) is 0 Å². The quantitative estimate of drug-likeness (QED) is 0.801. The van der Waals surface area contributed by atoms with Gasteiger partial charge in [0.1, 0.15) is 0 Å². The molecule has 2 aromatic carbocycles. The number of amides is 1. The van der Waals surface area contributed by atoms with Crippen molar-refractivity contribution in [3.05, 3.63) is 81.5 Å². The first-order valence-corrected chi connectivity index (χ1v) is 8.99. The maximum atomic E-state index is 12.9. The zero-order chi connectivity index (χ0) is 18.7. The van der Waals surface area contributed by atoms with E-state index < -0.39 is 0 Å². The van der Waals surface area contributed by atoms with Gasteiger partial charge in [0.05, 0.1) is 12.3 Å². The molecule has 134 valence electrons. The van der Waals surface area contributed by atoms with Crippen LogP contribution in [0.1, 0.15) is 27.9 Å². The van der Waals surface area contributed by atoms with Gasteiger partial charge in [-0.05, 0) is 36.6 Å². The monoisotopic (exact) mass is 367 g/mol. The lowest BCUT2D eigenvalue weighted by Crippen LogP contribution is -2.41. The Morgan fingerprint density at radius 3 is 2.58 bits per heavy atom. The lowest BCUT2D eigenvalue weighted by Gasteiger charge is -2.31. The molecule has 0 aliphatic carbocycles.